The summed E-state index contributed by atoms with van der Waals surface area (Å²) in [7, 11) is 0. The highest BCUT2D eigenvalue weighted by Crippen LogP contribution is 2.11. The molecule has 0 fully saturated rings. The highest BCUT2D eigenvalue weighted by atomic mass is 35.5. The van der Waals surface area contributed by atoms with Crippen molar-refractivity contribution in [3.63, 3.8) is 0 Å². The summed E-state index contributed by atoms with van der Waals surface area (Å²) in [5.41, 5.74) is 2.67. The Hall–Kier alpha value is -1.85. The highest BCUT2D eigenvalue weighted by Gasteiger charge is 2.14. The first-order valence-corrected chi connectivity index (χ1v) is 7.27. The van der Waals surface area contributed by atoms with E-state index in [1.807, 2.05) is 18.2 Å². The molecule has 102 valence electrons. The van der Waals surface area contributed by atoms with Crippen LogP contribution in [0.2, 0.25) is 5.02 Å². The number of hydrogen-bond acceptors (Lipinski definition) is 4. The van der Waals surface area contributed by atoms with Crippen LogP contribution < -0.4 is 9.88 Å². The van der Waals surface area contributed by atoms with Gasteiger partial charge in [-0.25, -0.2) is 9.78 Å². The van der Waals surface area contributed by atoms with Crippen molar-refractivity contribution in [2.45, 2.75) is 6.61 Å². The number of aromatic nitrogens is 1. The van der Waals surface area contributed by atoms with Crippen LogP contribution in [0.25, 0.3) is 12.3 Å². The lowest BCUT2D eigenvalue weighted by Crippen LogP contribution is -2.37. The molecular weight excluding hydrogens is 296 g/mol. The number of amides is 1. The second-order valence-corrected chi connectivity index (χ2v) is 5.59. The van der Waals surface area contributed by atoms with Gasteiger partial charge >= 0.3 is 6.09 Å². The monoisotopic (exact) mass is 306 g/mol. The Morgan fingerprint density at radius 3 is 3.00 bits per heavy atom. The van der Waals surface area contributed by atoms with E-state index in [2.05, 4.69) is 4.98 Å². The molecule has 2 heterocycles. The first-order valence-electron chi connectivity index (χ1n) is 6.02. The lowest BCUT2D eigenvalue weighted by atomic mass is 10.2. The maximum atomic E-state index is 12.0. The summed E-state index contributed by atoms with van der Waals surface area (Å²) >= 11 is 7.30. The summed E-state index contributed by atoms with van der Waals surface area (Å²) in [4.78, 5) is 17.7. The molecular formula is C14H11ClN2O2S. The third-order valence-corrected chi connectivity index (χ3v) is 3.92. The molecule has 0 spiro atoms. The zero-order valence-electron chi connectivity index (χ0n) is 10.5. The zero-order chi connectivity index (χ0) is 13.9. The summed E-state index contributed by atoms with van der Waals surface area (Å²) in [5, 5.41) is 1.59. The standard InChI is InChI=1S/C14H11ClN2O2S/c15-11-3-1-10(2-4-11)8-19-14(18)17-6-5-12-13(7-17)20-9-16-12/h1-5,7,9H,6,8H2. The normalized spacial score (nSPS) is 13.2. The second-order valence-electron chi connectivity index (χ2n) is 4.27. The van der Waals surface area contributed by atoms with Gasteiger partial charge in [0, 0.05) is 17.8 Å². The van der Waals surface area contributed by atoms with E-state index < -0.39 is 0 Å². The summed E-state index contributed by atoms with van der Waals surface area (Å²) in [6.45, 7) is 0.714. The molecule has 3 rings (SSSR count). The third kappa shape index (κ3) is 2.84. The molecule has 1 aromatic carbocycles. The third-order valence-electron chi connectivity index (χ3n) is 2.89. The number of carbonyl (C=O) groups excluding carboxylic acids is 1. The van der Waals surface area contributed by atoms with Crippen molar-refractivity contribution in [2.75, 3.05) is 6.54 Å². The quantitative estimate of drug-likeness (QED) is 0.852. The average molecular weight is 307 g/mol. The van der Waals surface area contributed by atoms with E-state index in [0.717, 1.165) is 15.4 Å². The molecule has 2 aromatic rings. The zero-order valence-corrected chi connectivity index (χ0v) is 12.0. The van der Waals surface area contributed by atoms with Crippen LogP contribution in [0, 0.1) is 0 Å². The van der Waals surface area contributed by atoms with Crippen LogP contribution in [0.1, 0.15) is 5.56 Å². The molecule has 4 nitrogen and oxygen atoms in total. The van der Waals surface area contributed by atoms with Gasteiger partial charge in [0.25, 0.3) is 0 Å². The van der Waals surface area contributed by atoms with E-state index >= 15 is 0 Å². The molecule has 0 saturated heterocycles. The molecule has 0 bridgehead atoms. The topological polar surface area (TPSA) is 42.4 Å². The number of hydrogen-bond donors (Lipinski definition) is 0. The molecule has 1 aliphatic rings. The number of halogens is 1. The highest BCUT2D eigenvalue weighted by molar-refractivity contribution is 7.07. The fraction of sp³-hybridized carbons (Fsp3) is 0.143. The molecule has 20 heavy (non-hydrogen) atoms. The Bertz CT molecular complexity index is 739. The molecule has 1 aliphatic heterocycles. The van der Waals surface area contributed by atoms with Crippen molar-refractivity contribution >= 4 is 41.3 Å². The SMILES string of the molecule is O=C(OCc1ccc(Cl)cc1)N1C=c2scnc2=CC1. The van der Waals surface area contributed by atoms with E-state index in [-0.39, 0.29) is 12.7 Å². The van der Waals surface area contributed by atoms with E-state index in [1.165, 1.54) is 16.2 Å². The lowest BCUT2D eigenvalue weighted by Gasteiger charge is -2.17. The van der Waals surface area contributed by atoms with Gasteiger partial charge in [0.05, 0.1) is 15.4 Å². The van der Waals surface area contributed by atoms with Crippen molar-refractivity contribution < 1.29 is 9.53 Å². The Morgan fingerprint density at radius 2 is 2.20 bits per heavy atom. The van der Waals surface area contributed by atoms with Crippen LogP contribution in [0.3, 0.4) is 0 Å². The van der Waals surface area contributed by atoms with Gasteiger partial charge in [-0.3, -0.25) is 4.90 Å². The molecule has 6 heteroatoms. The molecule has 1 aromatic heterocycles. The number of rotatable bonds is 2. The molecule has 0 unspecified atom stereocenters. The first kappa shape index (κ1) is 13.1. The van der Waals surface area contributed by atoms with E-state index in [4.69, 9.17) is 16.3 Å². The Labute approximate surface area is 124 Å². The minimum Gasteiger partial charge on any atom is -0.444 e. The van der Waals surface area contributed by atoms with Crippen molar-refractivity contribution in [1.82, 2.24) is 9.88 Å². The summed E-state index contributed by atoms with van der Waals surface area (Å²) < 4.78 is 6.25. The predicted molar refractivity (Wildman–Crippen MR) is 78.6 cm³/mol. The second kappa shape index (κ2) is 5.64. The maximum absolute atomic E-state index is 12.0. The number of thiazole rings is 1. The summed E-state index contributed by atoms with van der Waals surface area (Å²) in [5.74, 6) is 0. The Morgan fingerprint density at radius 1 is 1.40 bits per heavy atom. The molecule has 0 radical (unpaired) electrons. The van der Waals surface area contributed by atoms with Gasteiger partial charge in [0.1, 0.15) is 6.61 Å². The fourth-order valence-electron chi connectivity index (χ4n) is 1.83. The van der Waals surface area contributed by atoms with Crippen LogP contribution in [0.4, 0.5) is 4.79 Å². The van der Waals surface area contributed by atoms with Gasteiger partial charge in [-0.1, -0.05) is 23.7 Å². The van der Waals surface area contributed by atoms with E-state index in [1.54, 1.807) is 23.8 Å². The van der Waals surface area contributed by atoms with E-state index in [9.17, 15) is 4.79 Å². The smallest absolute Gasteiger partial charge is 0.414 e. The van der Waals surface area contributed by atoms with Crippen LogP contribution in [-0.4, -0.2) is 22.5 Å². The Balaban J connectivity index is 1.64. The van der Waals surface area contributed by atoms with Crippen molar-refractivity contribution in [1.29, 1.82) is 0 Å². The van der Waals surface area contributed by atoms with E-state index in [0.29, 0.717) is 11.6 Å². The van der Waals surface area contributed by atoms with Crippen LogP contribution in [-0.2, 0) is 11.3 Å². The fourth-order valence-corrected chi connectivity index (χ4v) is 2.68. The molecule has 0 saturated carbocycles. The van der Waals surface area contributed by atoms with Crippen molar-refractivity contribution in [2.24, 2.45) is 0 Å². The summed E-state index contributed by atoms with van der Waals surface area (Å²) in [6.07, 6.45) is 3.32. The lowest BCUT2D eigenvalue weighted by molar-refractivity contribution is 0.118. The van der Waals surface area contributed by atoms with Gasteiger partial charge in [-0.05, 0) is 23.8 Å². The van der Waals surface area contributed by atoms with Gasteiger partial charge < -0.3 is 4.74 Å². The van der Waals surface area contributed by atoms with Gasteiger partial charge in [-0.15, -0.1) is 11.3 Å². The largest absolute Gasteiger partial charge is 0.444 e. The summed E-state index contributed by atoms with van der Waals surface area (Å²) in [6, 6.07) is 7.22. The molecule has 0 N–H and O–H groups in total. The number of benzene rings is 1. The number of fused-ring (bicyclic) bond motifs is 1. The average Bonchev–Trinajstić information content (AvgIpc) is 2.93. The number of nitrogens with zero attached hydrogens (tertiary/aromatic N) is 2. The van der Waals surface area contributed by atoms with Crippen LogP contribution in [0.15, 0.2) is 29.8 Å². The predicted octanol–water partition coefficient (Wildman–Crippen LogP) is 1.97. The Kier molecular flexibility index (Phi) is 3.71. The first-order chi connectivity index (χ1) is 9.72. The molecule has 1 amide bonds. The molecule has 0 atom stereocenters. The van der Waals surface area contributed by atoms with Gasteiger partial charge in [0.2, 0.25) is 0 Å². The van der Waals surface area contributed by atoms with Gasteiger partial charge in [0.15, 0.2) is 0 Å². The maximum Gasteiger partial charge on any atom is 0.414 e. The van der Waals surface area contributed by atoms with Crippen molar-refractivity contribution in [3.8, 4) is 0 Å². The molecule has 0 aliphatic carbocycles. The number of ether oxygens (including phenoxy) is 1. The van der Waals surface area contributed by atoms with Crippen LogP contribution >= 0.6 is 22.9 Å². The minimum absolute atomic E-state index is 0.232. The minimum atomic E-state index is -0.366. The van der Waals surface area contributed by atoms with Crippen molar-refractivity contribution in [3.05, 3.63) is 50.2 Å². The van der Waals surface area contributed by atoms with Crippen LogP contribution in [0.5, 0.6) is 0 Å². The number of carbonyl (C=O) groups is 1. The van der Waals surface area contributed by atoms with Gasteiger partial charge in [-0.2, -0.15) is 0 Å².